The molecule has 0 aliphatic carbocycles. The Hall–Kier alpha value is -1.91. The highest BCUT2D eigenvalue weighted by atomic mass is 32.2. The lowest BCUT2D eigenvalue weighted by molar-refractivity contribution is 0.00578. The first-order valence-corrected chi connectivity index (χ1v) is 13.6. The van der Waals surface area contributed by atoms with Crippen molar-refractivity contribution < 1.29 is 22.5 Å². The molecule has 0 bridgehead atoms. The Morgan fingerprint density at radius 2 is 1.64 bits per heavy atom. The average molecular weight is 487 g/mol. The summed E-state index contributed by atoms with van der Waals surface area (Å²) in [6.07, 6.45) is 1.25. The van der Waals surface area contributed by atoms with Crippen molar-refractivity contribution >= 4 is 44.0 Å². The number of thiophene rings is 1. The predicted octanol–water partition coefficient (Wildman–Crippen LogP) is 4.17. The molecule has 2 heterocycles. The van der Waals surface area contributed by atoms with Gasteiger partial charge in [0.05, 0.1) is 24.6 Å². The van der Waals surface area contributed by atoms with E-state index in [1.54, 1.807) is 18.4 Å². The second-order valence-corrected chi connectivity index (χ2v) is 12.4. The molecule has 3 aromatic rings. The molecule has 6 nitrogen and oxygen atoms in total. The number of fused-ring (bicyclic) bond motifs is 1. The third kappa shape index (κ3) is 4.98. The first-order chi connectivity index (χ1) is 15.4. The lowest BCUT2D eigenvalue weighted by atomic mass is 9.79. The highest BCUT2D eigenvalue weighted by Crippen LogP contribution is 2.37. The van der Waals surface area contributed by atoms with E-state index in [1.807, 2.05) is 69.5 Å². The van der Waals surface area contributed by atoms with Crippen LogP contribution in [0.5, 0.6) is 5.75 Å². The Kier molecular flexibility index (Phi) is 6.39. The molecular formula is C24H30BNO5S2. The van der Waals surface area contributed by atoms with Crippen molar-refractivity contribution in [1.29, 1.82) is 0 Å². The van der Waals surface area contributed by atoms with Gasteiger partial charge in [0.1, 0.15) is 5.75 Å². The minimum absolute atomic E-state index is 0.298. The molecule has 1 aliphatic heterocycles. The maximum atomic E-state index is 12.5. The molecule has 33 heavy (non-hydrogen) atoms. The average Bonchev–Trinajstić information content (AvgIpc) is 3.23. The highest BCUT2D eigenvalue weighted by molar-refractivity contribution is 7.88. The summed E-state index contributed by atoms with van der Waals surface area (Å²) in [6.45, 7) is 8.76. The quantitative estimate of drug-likeness (QED) is 0.468. The minimum Gasteiger partial charge on any atom is -0.497 e. The summed E-state index contributed by atoms with van der Waals surface area (Å²) in [6, 6.07) is 13.6. The van der Waals surface area contributed by atoms with Crippen LogP contribution in [0.25, 0.3) is 10.1 Å². The number of hydrogen-bond donors (Lipinski definition) is 0. The van der Waals surface area contributed by atoms with Gasteiger partial charge in [-0.2, -0.15) is 4.31 Å². The summed E-state index contributed by atoms with van der Waals surface area (Å²) >= 11 is 1.60. The van der Waals surface area contributed by atoms with Gasteiger partial charge in [-0.3, -0.25) is 0 Å². The molecule has 1 aliphatic rings. The number of nitrogens with zero attached hydrogens (tertiary/aromatic N) is 1. The summed E-state index contributed by atoms with van der Waals surface area (Å²) in [4.78, 5) is 0. The van der Waals surface area contributed by atoms with Gasteiger partial charge in [-0.1, -0.05) is 24.3 Å². The number of benzene rings is 2. The molecular weight excluding hydrogens is 457 g/mol. The van der Waals surface area contributed by atoms with E-state index in [4.69, 9.17) is 14.0 Å². The molecule has 1 fully saturated rings. The molecule has 0 spiro atoms. The van der Waals surface area contributed by atoms with Crippen molar-refractivity contribution in [3.63, 3.8) is 0 Å². The van der Waals surface area contributed by atoms with E-state index >= 15 is 0 Å². The lowest BCUT2D eigenvalue weighted by Gasteiger charge is -2.32. The lowest BCUT2D eigenvalue weighted by Crippen LogP contribution is -2.41. The van der Waals surface area contributed by atoms with Crippen molar-refractivity contribution in [3.8, 4) is 5.75 Å². The Labute approximate surface area is 200 Å². The maximum Gasteiger partial charge on any atom is 0.494 e. The molecule has 1 aromatic heterocycles. The number of ether oxygens (including phenoxy) is 1. The van der Waals surface area contributed by atoms with Crippen molar-refractivity contribution in [2.24, 2.45) is 0 Å². The van der Waals surface area contributed by atoms with Crippen LogP contribution in [-0.4, -0.2) is 44.4 Å². The van der Waals surface area contributed by atoms with Gasteiger partial charge < -0.3 is 14.0 Å². The van der Waals surface area contributed by atoms with Crippen LogP contribution in [0.4, 0.5) is 0 Å². The van der Waals surface area contributed by atoms with Crippen LogP contribution in [0.3, 0.4) is 0 Å². The molecule has 176 valence electrons. The molecule has 1 saturated heterocycles. The second-order valence-electron chi connectivity index (χ2n) is 9.48. The van der Waals surface area contributed by atoms with Crippen LogP contribution >= 0.6 is 11.3 Å². The summed E-state index contributed by atoms with van der Waals surface area (Å²) in [5.41, 5.74) is 2.06. The first-order valence-electron chi connectivity index (χ1n) is 10.8. The maximum absolute atomic E-state index is 12.5. The van der Waals surface area contributed by atoms with Crippen molar-refractivity contribution in [1.82, 2.24) is 4.31 Å². The van der Waals surface area contributed by atoms with Crippen LogP contribution in [0.2, 0.25) is 0 Å². The SMILES string of the molecule is COc1ccc(CN(Cc2csc3cc(B4OC(C)(C)C(C)(C)O4)ccc23)S(C)(=O)=O)cc1. The predicted molar refractivity (Wildman–Crippen MR) is 135 cm³/mol. The fourth-order valence-electron chi connectivity index (χ4n) is 3.76. The molecule has 0 unspecified atom stereocenters. The number of sulfonamides is 1. The van der Waals surface area contributed by atoms with E-state index in [0.717, 1.165) is 32.4 Å². The van der Waals surface area contributed by atoms with Gasteiger partial charge in [-0.15, -0.1) is 11.3 Å². The van der Waals surface area contributed by atoms with Crippen LogP contribution in [0.15, 0.2) is 47.8 Å². The Balaban J connectivity index is 1.57. The molecule has 0 atom stereocenters. The Bertz CT molecular complexity index is 1240. The van der Waals surface area contributed by atoms with E-state index < -0.39 is 28.3 Å². The van der Waals surface area contributed by atoms with Crippen molar-refractivity contribution in [2.75, 3.05) is 13.4 Å². The third-order valence-electron chi connectivity index (χ3n) is 6.54. The normalized spacial score (nSPS) is 17.7. The van der Waals surface area contributed by atoms with Gasteiger partial charge in [-0.25, -0.2) is 8.42 Å². The van der Waals surface area contributed by atoms with Crippen molar-refractivity contribution in [2.45, 2.75) is 52.0 Å². The smallest absolute Gasteiger partial charge is 0.494 e. The van der Waals surface area contributed by atoms with E-state index in [0.29, 0.717) is 13.1 Å². The molecule has 0 N–H and O–H groups in total. The van der Waals surface area contributed by atoms with E-state index in [2.05, 4.69) is 6.07 Å². The zero-order chi connectivity index (χ0) is 24.0. The van der Waals surface area contributed by atoms with Gasteiger partial charge in [0, 0.05) is 17.8 Å². The van der Waals surface area contributed by atoms with E-state index in [9.17, 15) is 8.42 Å². The third-order valence-corrected chi connectivity index (χ3v) is 8.73. The van der Waals surface area contributed by atoms with Gasteiger partial charge in [0.15, 0.2) is 0 Å². The van der Waals surface area contributed by atoms with E-state index in [1.165, 1.54) is 10.6 Å². The van der Waals surface area contributed by atoms with E-state index in [-0.39, 0.29) is 0 Å². The van der Waals surface area contributed by atoms with Crippen molar-refractivity contribution in [3.05, 3.63) is 59.0 Å². The Morgan fingerprint density at radius 1 is 1.00 bits per heavy atom. The summed E-state index contributed by atoms with van der Waals surface area (Å²) in [7, 11) is -2.22. The fraction of sp³-hybridized carbons (Fsp3) is 0.417. The number of rotatable bonds is 7. The van der Waals surface area contributed by atoms with Gasteiger partial charge in [0.25, 0.3) is 0 Å². The minimum atomic E-state index is -3.40. The van der Waals surface area contributed by atoms with Gasteiger partial charge >= 0.3 is 7.12 Å². The molecule has 9 heteroatoms. The van der Waals surface area contributed by atoms with Gasteiger partial charge in [-0.05, 0) is 73.3 Å². The molecule has 0 radical (unpaired) electrons. The number of hydrogen-bond acceptors (Lipinski definition) is 6. The zero-order valence-electron chi connectivity index (χ0n) is 19.9. The molecule has 2 aromatic carbocycles. The molecule has 0 saturated carbocycles. The fourth-order valence-corrected chi connectivity index (χ4v) is 5.52. The van der Waals surface area contributed by atoms with Gasteiger partial charge in [0.2, 0.25) is 10.0 Å². The summed E-state index contributed by atoms with van der Waals surface area (Å²) < 4.78 is 45.2. The summed E-state index contributed by atoms with van der Waals surface area (Å²) in [5.74, 6) is 0.742. The monoisotopic (exact) mass is 487 g/mol. The topological polar surface area (TPSA) is 65.1 Å². The number of methoxy groups -OCH3 is 1. The van der Waals surface area contributed by atoms with Crippen LogP contribution < -0.4 is 10.2 Å². The zero-order valence-corrected chi connectivity index (χ0v) is 21.5. The van der Waals surface area contributed by atoms with Crippen LogP contribution in [0.1, 0.15) is 38.8 Å². The van der Waals surface area contributed by atoms with Crippen LogP contribution in [0, 0.1) is 0 Å². The standard InChI is InChI=1S/C24H30BNO5S2/c1-23(2)24(3,4)31-25(30-23)19-9-12-21-18(16-32-22(21)13-19)15-26(33(6,27)28)14-17-7-10-20(29-5)11-8-17/h7-13,16H,14-15H2,1-6H3. The second kappa shape index (κ2) is 8.71. The largest absolute Gasteiger partial charge is 0.497 e. The first kappa shape index (κ1) is 24.2. The molecule has 0 amide bonds. The Morgan fingerprint density at radius 3 is 2.21 bits per heavy atom. The summed E-state index contributed by atoms with van der Waals surface area (Å²) in [5, 5.41) is 3.08. The molecule has 4 rings (SSSR count). The van der Waals surface area contributed by atoms with Crippen LogP contribution in [-0.2, 0) is 32.4 Å². The highest BCUT2D eigenvalue weighted by Gasteiger charge is 2.51.